The summed E-state index contributed by atoms with van der Waals surface area (Å²) in [6, 6.07) is 13.3. The molecule has 2 heteroatoms. The molecule has 0 saturated carbocycles. The summed E-state index contributed by atoms with van der Waals surface area (Å²) in [5.41, 5.74) is 2.33. The molecule has 1 aromatic heterocycles. The van der Waals surface area contributed by atoms with Crippen LogP contribution in [0.25, 0.3) is 0 Å². The van der Waals surface area contributed by atoms with Gasteiger partial charge in [0.05, 0.1) is 0 Å². The van der Waals surface area contributed by atoms with E-state index in [-0.39, 0.29) is 0 Å². The number of hydrogen-bond acceptors (Lipinski definition) is 2. The Morgan fingerprint density at radius 3 is 2.50 bits per heavy atom. The maximum atomic E-state index is 9.20. The van der Waals surface area contributed by atoms with Crippen molar-refractivity contribution in [2.24, 2.45) is 0 Å². The Balaban J connectivity index is 2.08. The normalized spacial score (nSPS) is 12.3. The van der Waals surface area contributed by atoms with Crippen LogP contribution in [0.5, 0.6) is 5.75 Å². The Labute approximate surface area is 95.6 Å². The summed E-state index contributed by atoms with van der Waals surface area (Å²) in [6.45, 7) is 2.16. The molecule has 0 fully saturated rings. The van der Waals surface area contributed by atoms with Crippen molar-refractivity contribution < 1.29 is 5.11 Å². The third-order valence-electron chi connectivity index (χ3n) is 2.67. The summed E-state index contributed by atoms with van der Waals surface area (Å²) < 4.78 is 0. The summed E-state index contributed by atoms with van der Waals surface area (Å²) in [4.78, 5) is 4.34. The Bertz CT molecular complexity index is 436. The van der Waals surface area contributed by atoms with Crippen LogP contribution in [0.2, 0.25) is 0 Å². The van der Waals surface area contributed by atoms with E-state index in [4.69, 9.17) is 0 Å². The lowest BCUT2D eigenvalue weighted by molar-refractivity contribution is 0.475. The maximum absolute atomic E-state index is 9.20. The fourth-order valence-corrected chi connectivity index (χ4v) is 1.76. The first-order valence-electron chi connectivity index (χ1n) is 5.44. The van der Waals surface area contributed by atoms with Gasteiger partial charge in [-0.1, -0.05) is 25.1 Å². The number of hydrogen-bond donors (Lipinski definition) is 1. The maximum Gasteiger partial charge on any atom is 0.115 e. The molecule has 0 aliphatic carbocycles. The first kappa shape index (κ1) is 10.7. The molecule has 1 aromatic carbocycles. The molecule has 0 unspecified atom stereocenters. The van der Waals surface area contributed by atoms with Gasteiger partial charge >= 0.3 is 0 Å². The molecular formula is C14H15NO. The second-order valence-electron chi connectivity index (χ2n) is 4.03. The SMILES string of the molecule is C[C@@H](Cc1ccc(O)cc1)c1ccccn1. The van der Waals surface area contributed by atoms with E-state index < -0.39 is 0 Å². The van der Waals surface area contributed by atoms with Gasteiger partial charge in [-0.05, 0) is 36.2 Å². The van der Waals surface area contributed by atoms with Gasteiger partial charge < -0.3 is 5.11 Å². The molecule has 0 spiro atoms. The van der Waals surface area contributed by atoms with Crippen molar-refractivity contribution in [3.05, 3.63) is 59.9 Å². The summed E-state index contributed by atoms with van der Waals surface area (Å²) in [5.74, 6) is 0.708. The summed E-state index contributed by atoms with van der Waals surface area (Å²) in [5, 5.41) is 9.20. The number of benzene rings is 1. The minimum atomic E-state index is 0.314. The van der Waals surface area contributed by atoms with Crippen molar-refractivity contribution in [1.29, 1.82) is 0 Å². The topological polar surface area (TPSA) is 33.1 Å². The summed E-state index contributed by atoms with van der Waals surface area (Å²) in [6.07, 6.45) is 2.76. The van der Waals surface area contributed by atoms with E-state index in [2.05, 4.69) is 11.9 Å². The number of aromatic hydroxyl groups is 1. The second-order valence-corrected chi connectivity index (χ2v) is 4.03. The number of aromatic nitrogens is 1. The van der Waals surface area contributed by atoms with Crippen LogP contribution in [0.15, 0.2) is 48.7 Å². The van der Waals surface area contributed by atoms with Crippen LogP contribution < -0.4 is 0 Å². The summed E-state index contributed by atoms with van der Waals surface area (Å²) >= 11 is 0. The van der Waals surface area contributed by atoms with Crippen LogP contribution in [0.3, 0.4) is 0 Å². The van der Waals surface area contributed by atoms with Gasteiger partial charge in [-0.25, -0.2) is 0 Å². The minimum absolute atomic E-state index is 0.314. The molecule has 82 valence electrons. The Morgan fingerprint density at radius 1 is 1.12 bits per heavy atom. The molecule has 0 radical (unpaired) electrons. The predicted molar refractivity (Wildman–Crippen MR) is 64.5 cm³/mol. The van der Waals surface area contributed by atoms with Crippen LogP contribution in [0, 0.1) is 0 Å². The van der Waals surface area contributed by atoms with E-state index >= 15 is 0 Å². The Hall–Kier alpha value is -1.83. The standard InChI is InChI=1S/C14H15NO/c1-11(14-4-2-3-9-15-14)10-12-5-7-13(16)8-6-12/h2-9,11,16H,10H2,1H3/t11-/m0/s1. The van der Waals surface area contributed by atoms with Gasteiger partial charge in [0.25, 0.3) is 0 Å². The van der Waals surface area contributed by atoms with Gasteiger partial charge in [-0.3, -0.25) is 4.98 Å². The largest absolute Gasteiger partial charge is 0.508 e. The molecule has 2 aromatic rings. The summed E-state index contributed by atoms with van der Waals surface area (Å²) in [7, 11) is 0. The zero-order chi connectivity index (χ0) is 11.4. The molecule has 1 heterocycles. The molecule has 0 aliphatic rings. The molecule has 2 nitrogen and oxygen atoms in total. The average molecular weight is 213 g/mol. The fourth-order valence-electron chi connectivity index (χ4n) is 1.76. The Kier molecular flexibility index (Phi) is 3.20. The van der Waals surface area contributed by atoms with E-state index in [0.29, 0.717) is 11.7 Å². The zero-order valence-corrected chi connectivity index (χ0v) is 9.30. The fraction of sp³-hybridized carbons (Fsp3) is 0.214. The van der Waals surface area contributed by atoms with Gasteiger partial charge in [0.1, 0.15) is 5.75 Å². The third-order valence-corrected chi connectivity index (χ3v) is 2.67. The first-order valence-corrected chi connectivity index (χ1v) is 5.44. The lowest BCUT2D eigenvalue weighted by Crippen LogP contribution is -2.00. The molecular weight excluding hydrogens is 198 g/mol. The highest BCUT2D eigenvalue weighted by molar-refractivity contribution is 5.27. The number of pyridine rings is 1. The quantitative estimate of drug-likeness (QED) is 0.849. The number of phenolic OH excluding ortho intramolecular Hbond substituents is 1. The lowest BCUT2D eigenvalue weighted by Gasteiger charge is -2.10. The van der Waals surface area contributed by atoms with Crippen LogP contribution in [0.1, 0.15) is 24.1 Å². The van der Waals surface area contributed by atoms with Crippen molar-refractivity contribution in [1.82, 2.24) is 4.98 Å². The monoisotopic (exact) mass is 213 g/mol. The van der Waals surface area contributed by atoms with E-state index in [1.54, 1.807) is 12.1 Å². The molecule has 0 amide bonds. The van der Waals surface area contributed by atoms with Crippen molar-refractivity contribution in [3.63, 3.8) is 0 Å². The Morgan fingerprint density at radius 2 is 1.88 bits per heavy atom. The van der Waals surface area contributed by atoms with Gasteiger partial charge in [-0.15, -0.1) is 0 Å². The first-order chi connectivity index (χ1) is 7.75. The second kappa shape index (κ2) is 4.79. The molecule has 1 N–H and O–H groups in total. The highest BCUT2D eigenvalue weighted by Gasteiger charge is 2.07. The number of nitrogens with zero attached hydrogens (tertiary/aromatic N) is 1. The molecule has 16 heavy (non-hydrogen) atoms. The van der Waals surface area contributed by atoms with Crippen molar-refractivity contribution >= 4 is 0 Å². The smallest absolute Gasteiger partial charge is 0.115 e. The molecule has 0 saturated heterocycles. The van der Waals surface area contributed by atoms with Crippen LogP contribution in [0.4, 0.5) is 0 Å². The highest BCUT2D eigenvalue weighted by atomic mass is 16.3. The minimum Gasteiger partial charge on any atom is -0.508 e. The van der Waals surface area contributed by atoms with E-state index in [1.807, 2.05) is 36.5 Å². The average Bonchev–Trinajstić information content (AvgIpc) is 2.33. The van der Waals surface area contributed by atoms with Crippen molar-refractivity contribution in [2.45, 2.75) is 19.3 Å². The molecule has 2 rings (SSSR count). The van der Waals surface area contributed by atoms with E-state index in [0.717, 1.165) is 12.1 Å². The lowest BCUT2D eigenvalue weighted by atomic mass is 9.97. The van der Waals surface area contributed by atoms with E-state index in [1.165, 1.54) is 5.56 Å². The highest BCUT2D eigenvalue weighted by Crippen LogP contribution is 2.19. The van der Waals surface area contributed by atoms with Crippen molar-refractivity contribution in [2.75, 3.05) is 0 Å². The van der Waals surface area contributed by atoms with Crippen molar-refractivity contribution in [3.8, 4) is 5.75 Å². The van der Waals surface area contributed by atoms with Crippen LogP contribution in [-0.2, 0) is 6.42 Å². The van der Waals surface area contributed by atoms with E-state index in [9.17, 15) is 5.11 Å². The predicted octanol–water partition coefficient (Wildman–Crippen LogP) is 3.13. The number of rotatable bonds is 3. The molecule has 0 bridgehead atoms. The zero-order valence-electron chi connectivity index (χ0n) is 9.30. The van der Waals surface area contributed by atoms with Crippen LogP contribution >= 0.6 is 0 Å². The van der Waals surface area contributed by atoms with Gasteiger partial charge in [0.15, 0.2) is 0 Å². The third kappa shape index (κ3) is 2.60. The van der Waals surface area contributed by atoms with Gasteiger partial charge in [0, 0.05) is 17.8 Å². The molecule has 0 aliphatic heterocycles. The number of phenols is 1. The van der Waals surface area contributed by atoms with Gasteiger partial charge in [-0.2, -0.15) is 0 Å². The van der Waals surface area contributed by atoms with Gasteiger partial charge in [0.2, 0.25) is 0 Å². The van der Waals surface area contributed by atoms with Crippen LogP contribution in [-0.4, -0.2) is 10.1 Å². The molecule has 1 atom stereocenters.